The molecule has 0 aliphatic heterocycles. The first-order valence-electron chi connectivity index (χ1n) is 22.0. The molecule has 1 fully saturated rings. The van der Waals surface area contributed by atoms with Crippen molar-refractivity contribution in [1.82, 2.24) is 31.5 Å². The molecular weight excluding hydrogens is 781 g/mol. The number of rotatable bonds is 21. The number of nitrogens with one attached hydrogen (secondary N) is 5. The summed E-state index contributed by atoms with van der Waals surface area (Å²) in [6, 6.07) is 5.85. The Bertz CT molecular complexity index is 1750. The maximum absolute atomic E-state index is 14.3. The van der Waals surface area contributed by atoms with Gasteiger partial charge < -0.3 is 41.3 Å². The molecule has 2 unspecified atom stereocenters. The van der Waals surface area contributed by atoms with Gasteiger partial charge in [0.05, 0.1) is 19.7 Å². The molecule has 15 heteroatoms. The minimum absolute atomic E-state index is 0.0897. The lowest BCUT2D eigenvalue weighted by Gasteiger charge is -2.36. The number of allylic oxidation sites excluding steroid dienone is 3. The van der Waals surface area contributed by atoms with Crippen LogP contribution in [0.1, 0.15) is 116 Å². The number of aliphatic hydroxyl groups excluding tert-OH is 1. The van der Waals surface area contributed by atoms with Crippen LogP contribution < -0.4 is 26.6 Å². The van der Waals surface area contributed by atoms with Crippen molar-refractivity contribution < 1.29 is 43.4 Å². The fourth-order valence-corrected chi connectivity index (χ4v) is 7.58. The van der Waals surface area contributed by atoms with E-state index >= 15 is 0 Å². The first-order chi connectivity index (χ1) is 29.4. The Hall–Kier alpha value is -5.31. The second-order valence-electron chi connectivity index (χ2n) is 15.8. The Morgan fingerprint density at radius 2 is 1.56 bits per heavy atom. The number of ether oxygens (including phenoxy) is 1. The number of aliphatic hydroxyl groups is 1. The van der Waals surface area contributed by atoms with Crippen molar-refractivity contribution in [3.8, 4) is 0 Å². The van der Waals surface area contributed by atoms with Gasteiger partial charge in [0.1, 0.15) is 23.5 Å². The summed E-state index contributed by atoms with van der Waals surface area (Å²) in [7, 11) is 1.45. The molecule has 2 atom stereocenters. The van der Waals surface area contributed by atoms with E-state index in [0.717, 1.165) is 67.2 Å². The third-order valence-electron chi connectivity index (χ3n) is 10.7. The van der Waals surface area contributed by atoms with E-state index < -0.39 is 54.6 Å². The Morgan fingerprint density at radius 3 is 2.18 bits per heavy atom. The molecule has 1 aromatic rings. The molecule has 1 aromatic carbocycles. The average molecular weight is 849 g/mol. The summed E-state index contributed by atoms with van der Waals surface area (Å²) in [6.07, 6.45) is 13.9. The first-order valence-corrected chi connectivity index (χ1v) is 22.0. The SMILES string of the molecule is CCC.CCCN(C(=O)C(NC(=O)CC1=CC(OCCCCO)=CCC1)C1CCCCC1)C(C)C(=O)NCC(=O)C(=O)NCC(=O)NC(C(=O)NC)=C1Cc2ccccc2C1. The van der Waals surface area contributed by atoms with Crippen LogP contribution in [0.3, 0.4) is 0 Å². The van der Waals surface area contributed by atoms with Crippen molar-refractivity contribution in [2.24, 2.45) is 5.92 Å². The molecule has 6 N–H and O–H groups in total. The summed E-state index contributed by atoms with van der Waals surface area (Å²) in [5, 5.41) is 21.8. The molecule has 0 heterocycles. The zero-order valence-electron chi connectivity index (χ0n) is 36.8. The lowest BCUT2D eigenvalue weighted by molar-refractivity contribution is -0.145. The van der Waals surface area contributed by atoms with Crippen molar-refractivity contribution in [3.63, 3.8) is 0 Å². The highest BCUT2D eigenvalue weighted by Crippen LogP contribution is 2.29. The first kappa shape index (κ1) is 50.0. The molecule has 0 aromatic heterocycles. The summed E-state index contributed by atoms with van der Waals surface area (Å²) in [5.41, 5.74) is 3.80. The number of ketones is 1. The molecule has 61 heavy (non-hydrogen) atoms. The molecule has 0 saturated heterocycles. The van der Waals surface area contributed by atoms with Gasteiger partial charge in [-0.05, 0) is 99.5 Å². The van der Waals surface area contributed by atoms with Gasteiger partial charge in [-0.1, -0.05) is 76.3 Å². The van der Waals surface area contributed by atoms with Crippen molar-refractivity contribution in [1.29, 1.82) is 0 Å². The third kappa shape index (κ3) is 16.2. The summed E-state index contributed by atoms with van der Waals surface area (Å²) in [6.45, 7) is 7.20. The molecule has 3 aliphatic carbocycles. The topological polar surface area (TPSA) is 212 Å². The number of hydrogen-bond acceptors (Lipinski definition) is 9. The molecule has 4 rings (SSSR count). The molecule has 336 valence electrons. The molecule has 0 radical (unpaired) electrons. The van der Waals surface area contributed by atoms with Gasteiger partial charge >= 0.3 is 0 Å². The highest BCUT2D eigenvalue weighted by molar-refractivity contribution is 6.37. The van der Waals surface area contributed by atoms with Gasteiger partial charge in [0.25, 0.3) is 11.8 Å². The van der Waals surface area contributed by atoms with Crippen LogP contribution in [0.25, 0.3) is 0 Å². The minimum Gasteiger partial charge on any atom is -0.494 e. The molecule has 15 nitrogen and oxygen atoms in total. The highest BCUT2D eigenvalue weighted by atomic mass is 16.5. The van der Waals surface area contributed by atoms with E-state index in [4.69, 9.17) is 9.84 Å². The van der Waals surface area contributed by atoms with E-state index in [1.807, 2.05) is 43.3 Å². The number of amides is 6. The van der Waals surface area contributed by atoms with E-state index in [1.54, 1.807) is 6.92 Å². The van der Waals surface area contributed by atoms with Gasteiger partial charge in [0, 0.05) is 26.6 Å². The minimum atomic E-state index is -1.10. The third-order valence-corrected chi connectivity index (χ3v) is 10.7. The maximum atomic E-state index is 14.3. The lowest BCUT2D eigenvalue weighted by atomic mass is 9.83. The summed E-state index contributed by atoms with van der Waals surface area (Å²) >= 11 is 0. The molecule has 3 aliphatic rings. The standard InChI is InChI=1S/C43H60N6O9.C3H8/c1-4-19-49(43(57)39(30-14-6-5-7-15-30)47-36(52)23-29-13-12-18-34(22-29)58-21-11-10-20-50)28(2)40(54)45-26-35(51)41(55)46-27-37(53)48-38(42(56)44-3)33-24-31-16-8-9-17-32(31)25-33;1-3-2/h8-9,16-18,22,28,30,39,50H,4-7,10-15,19-21,23-27H2,1-3H3,(H,44,56)(H,45,54)(H,46,55)(H,47,52)(H,48,53);3H2,1-2H3. The molecule has 6 amide bonds. The van der Waals surface area contributed by atoms with Crippen molar-refractivity contribution in [3.05, 3.63) is 70.1 Å². The zero-order valence-corrected chi connectivity index (χ0v) is 36.8. The monoisotopic (exact) mass is 849 g/mol. The number of unbranched alkanes of at least 4 members (excludes halogenated alkanes) is 1. The molecule has 1 saturated carbocycles. The molecule has 0 bridgehead atoms. The number of carbonyl (C=O) groups excluding carboxylic acids is 7. The number of nitrogens with zero attached hydrogens (tertiary/aromatic N) is 1. The fraction of sp³-hybridized carbons (Fsp3) is 0.587. The van der Waals surface area contributed by atoms with Crippen LogP contribution in [-0.4, -0.2) is 103 Å². The van der Waals surface area contributed by atoms with Crippen molar-refractivity contribution in [2.75, 3.05) is 39.9 Å². The smallest absolute Gasteiger partial charge is 0.289 e. The van der Waals surface area contributed by atoms with Crippen molar-refractivity contribution in [2.45, 2.75) is 130 Å². The second-order valence-corrected chi connectivity index (χ2v) is 15.8. The largest absolute Gasteiger partial charge is 0.494 e. The van der Waals surface area contributed by atoms with Crippen LogP contribution in [0.5, 0.6) is 0 Å². The number of fused-ring (bicyclic) bond motifs is 1. The van der Waals surface area contributed by atoms with E-state index in [-0.39, 0.29) is 43.0 Å². The van der Waals surface area contributed by atoms with E-state index in [9.17, 15) is 33.6 Å². The van der Waals surface area contributed by atoms with Crippen LogP contribution >= 0.6 is 0 Å². The van der Waals surface area contributed by atoms with Crippen LogP contribution in [0.4, 0.5) is 0 Å². The van der Waals surface area contributed by atoms with Gasteiger partial charge in [0.2, 0.25) is 29.4 Å². The average Bonchev–Trinajstić information content (AvgIpc) is 3.70. The van der Waals surface area contributed by atoms with Crippen LogP contribution in [0, 0.1) is 5.92 Å². The van der Waals surface area contributed by atoms with E-state index in [0.29, 0.717) is 44.5 Å². The lowest BCUT2D eigenvalue weighted by Crippen LogP contribution is -2.58. The summed E-state index contributed by atoms with van der Waals surface area (Å²) in [4.78, 5) is 93.4. The number of carbonyl (C=O) groups is 7. The van der Waals surface area contributed by atoms with Gasteiger partial charge in [-0.2, -0.15) is 0 Å². The normalized spacial score (nSPS) is 15.5. The Kier molecular flexibility index (Phi) is 22.0. The summed E-state index contributed by atoms with van der Waals surface area (Å²) < 4.78 is 5.81. The number of Topliss-reactive ketones (excluding diaryl/α,β-unsaturated/α-hetero) is 1. The maximum Gasteiger partial charge on any atom is 0.289 e. The van der Waals surface area contributed by atoms with E-state index in [2.05, 4.69) is 40.4 Å². The molecular formula is C46H68N6O9. The number of likely N-dealkylation sites (N-methyl/N-ethyl adjacent to an activating group) is 1. The van der Waals surface area contributed by atoms with E-state index in [1.165, 1.54) is 18.4 Å². The Labute approximate surface area is 360 Å². The zero-order chi connectivity index (χ0) is 44.7. The number of benzene rings is 1. The Morgan fingerprint density at radius 1 is 0.885 bits per heavy atom. The van der Waals surface area contributed by atoms with Crippen molar-refractivity contribution >= 4 is 41.2 Å². The predicted octanol–water partition coefficient (Wildman–Crippen LogP) is 3.59. The second kappa shape index (κ2) is 26.8. The predicted molar refractivity (Wildman–Crippen MR) is 232 cm³/mol. The van der Waals surface area contributed by atoms with Gasteiger partial charge in [-0.15, -0.1) is 0 Å². The number of hydrogen-bond donors (Lipinski definition) is 6. The van der Waals surface area contributed by atoms with Crippen LogP contribution in [0.15, 0.2) is 59.0 Å². The summed E-state index contributed by atoms with van der Waals surface area (Å²) in [5.74, 6) is -4.03. The van der Waals surface area contributed by atoms with Gasteiger partial charge in [0.15, 0.2) is 0 Å². The quantitative estimate of drug-likeness (QED) is 0.0606. The van der Waals surface area contributed by atoms with Gasteiger partial charge in [-0.3, -0.25) is 33.6 Å². The van der Waals surface area contributed by atoms with Crippen LogP contribution in [-0.2, 0) is 51.1 Å². The van der Waals surface area contributed by atoms with Crippen LogP contribution in [0.2, 0.25) is 0 Å². The fourth-order valence-electron chi connectivity index (χ4n) is 7.58. The molecule has 0 spiro atoms. The highest BCUT2D eigenvalue weighted by Gasteiger charge is 2.37. The Balaban J connectivity index is 0.00000321. The van der Waals surface area contributed by atoms with Gasteiger partial charge in [-0.25, -0.2) is 0 Å².